The molecule has 1 fully saturated rings. The van der Waals surface area contributed by atoms with E-state index in [1.165, 1.54) is 17.4 Å². The third kappa shape index (κ3) is 2.07. The van der Waals surface area contributed by atoms with Crippen LogP contribution in [0, 0.1) is 5.92 Å². The van der Waals surface area contributed by atoms with E-state index in [0.717, 1.165) is 6.42 Å². The lowest BCUT2D eigenvalue weighted by molar-refractivity contribution is -0.152. The maximum absolute atomic E-state index is 12.5. The molecule has 0 bridgehead atoms. The molecule has 1 aliphatic carbocycles. The minimum atomic E-state index is -0.740. The number of ether oxygens (including phenoxy) is 2. The molecule has 5 heteroatoms. The summed E-state index contributed by atoms with van der Waals surface area (Å²) in [4.78, 5) is 25.6. The fourth-order valence-electron chi connectivity index (χ4n) is 3.67. The normalized spacial score (nSPS) is 30.3. The predicted octanol–water partition coefficient (Wildman–Crippen LogP) is 2.10. The van der Waals surface area contributed by atoms with Crippen LogP contribution in [-0.4, -0.2) is 30.1 Å². The zero-order valence-electron chi connectivity index (χ0n) is 13.0. The lowest BCUT2D eigenvalue weighted by Crippen LogP contribution is -2.23. The summed E-state index contributed by atoms with van der Waals surface area (Å²) in [5, 5.41) is 0. The summed E-state index contributed by atoms with van der Waals surface area (Å²) in [6.07, 6.45) is 3.17. The van der Waals surface area contributed by atoms with E-state index < -0.39 is 6.29 Å². The van der Waals surface area contributed by atoms with Crippen LogP contribution >= 0.6 is 0 Å². The molecule has 1 amide bonds. The van der Waals surface area contributed by atoms with Crippen molar-refractivity contribution in [2.45, 2.75) is 25.7 Å². The molecule has 1 aromatic carbocycles. The van der Waals surface area contributed by atoms with Crippen LogP contribution in [0.2, 0.25) is 0 Å². The zero-order valence-corrected chi connectivity index (χ0v) is 13.0. The van der Waals surface area contributed by atoms with Gasteiger partial charge in [-0.25, -0.2) is 4.79 Å². The van der Waals surface area contributed by atoms with E-state index >= 15 is 0 Å². The Morgan fingerprint density at radius 2 is 2.09 bits per heavy atom. The number of likely N-dealkylation sites (tertiary alicyclic amines) is 1. The summed E-state index contributed by atoms with van der Waals surface area (Å²) in [5.74, 6) is -0.318. The summed E-state index contributed by atoms with van der Waals surface area (Å²) >= 11 is 0. The van der Waals surface area contributed by atoms with Crippen LogP contribution < -0.4 is 0 Å². The third-order valence-corrected chi connectivity index (χ3v) is 4.84. The Bertz CT molecular complexity index is 764. The van der Waals surface area contributed by atoms with Gasteiger partial charge in [0.2, 0.25) is 0 Å². The van der Waals surface area contributed by atoms with Crippen LogP contribution in [0.1, 0.15) is 24.1 Å². The van der Waals surface area contributed by atoms with E-state index in [0.29, 0.717) is 11.1 Å². The van der Waals surface area contributed by atoms with Crippen molar-refractivity contribution in [2.75, 3.05) is 7.05 Å². The first kappa shape index (κ1) is 14.1. The van der Waals surface area contributed by atoms with Gasteiger partial charge >= 0.3 is 5.97 Å². The second-order valence-electron chi connectivity index (χ2n) is 6.20. The van der Waals surface area contributed by atoms with Gasteiger partial charge < -0.3 is 14.4 Å². The molecule has 0 radical (unpaired) electrons. The molecule has 0 saturated carbocycles. The standard InChI is InChI=1S/C18H17NO4/c1-10-7-15(23-18(10)21)22-9-14-13-8-11-5-3-4-6-12(11)16(13)19(2)17(14)20/h3-7,9,13,15-16H,8H2,1-2H3. The average Bonchev–Trinajstić information content (AvgIpc) is 3.13. The van der Waals surface area contributed by atoms with Crippen molar-refractivity contribution >= 4 is 11.9 Å². The average molecular weight is 311 g/mol. The van der Waals surface area contributed by atoms with Gasteiger partial charge in [-0.3, -0.25) is 4.79 Å². The number of benzene rings is 1. The highest BCUT2D eigenvalue weighted by Gasteiger charge is 2.47. The van der Waals surface area contributed by atoms with Gasteiger partial charge in [-0.15, -0.1) is 0 Å². The topological polar surface area (TPSA) is 55.8 Å². The van der Waals surface area contributed by atoms with E-state index in [1.807, 2.05) is 19.2 Å². The number of esters is 1. The molecule has 2 aliphatic heterocycles. The van der Waals surface area contributed by atoms with Gasteiger partial charge in [0.1, 0.15) is 0 Å². The van der Waals surface area contributed by atoms with E-state index in [2.05, 4.69) is 12.1 Å². The first-order valence-electron chi connectivity index (χ1n) is 7.66. The quantitative estimate of drug-likeness (QED) is 0.477. The van der Waals surface area contributed by atoms with Crippen LogP contribution in [0.15, 0.2) is 47.7 Å². The predicted molar refractivity (Wildman–Crippen MR) is 82.0 cm³/mol. The first-order valence-corrected chi connectivity index (χ1v) is 7.66. The number of nitrogens with zero attached hydrogens (tertiary/aromatic N) is 1. The lowest BCUT2D eigenvalue weighted by atomic mass is 9.97. The van der Waals surface area contributed by atoms with Gasteiger partial charge in [0, 0.05) is 24.6 Å². The van der Waals surface area contributed by atoms with Gasteiger partial charge in [-0.1, -0.05) is 24.3 Å². The van der Waals surface area contributed by atoms with Crippen molar-refractivity contribution in [3.8, 4) is 0 Å². The Hall–Kier alpha value is -2.56. The van der Waals surface area contributed by atoms with Gasteiger partial charge in [0.15, 0.2) is 0 Å². The molecule has 0 N–H and O–H groups in total. The van der Waals surface area contributed by atoms with Crippen LogP contribution in [0.3, 0.4) is 0 Å². The molecule has 3 atom stereocenters. The number of hydrogen-bond acceptors (Lipinski definition) is 4. The van der Waals surface area contributed by atoms with Gasteiger partial charge in [-0.05, 0) is 24.5 Å². The molecule has 1 aromatic rings. The van der Waals surface area contributed by atoms with E-state index in [-0.39, 0.29) is 23.8 Å². The van der Waals surface area contributed by atoms with Crippen molar-refractivity contribution < 1.29 is 19.1 Å². The maximum Gasteiger partial charge on any atom is 0.336 e. The highest BCUT2D eigenvalue weighted by Crippen LogP contribution is 2.48. The number of hydrogen-bond donors (Lipinski definition) is 0. The van der Waals surface area contributed by atoms with Crippen molar-refractivity contribution in [3.63, 3.8) is 0 Å². The van der Waals surface area contributed by atoms with Gasteiger partial charge in [-0.2, -0.15) is 0 Å². The highest BCUT2D eigenvalue weighted by molar-refractivity contribution is 5.97. The van der Waals surface area contributed by atoms with E-state index in [1.54, 1.807) is 17.9 Å². The van der Waals surface area contributed by atoms with Crippen molar-refractivity contribution in [1.82, 2.24) is 4.90 Å². The smallest absolute Gasteiger partial charge is 0.336 e. The number of rotatable bonds is 2. The summed E-state index contributed by atoms with van der Waals surface area (Å²) in [6.45, 7) is 1.68. The van der Waals surface area contributed by atoms with Crippen molar-refractivity contribution in [3.05, 3.63) is 58.9 Å². The monoisotopic (exact) mass is 311 g/mol. The van der Waals surface area contributed by atoms with Crippen LogP contribution in [0.25, 0.3) is 0 Å². The van der Waals surface area contributed by atoms with Crippen LogP contribution in [0.5, 0.6) is 0 Å². The molecule has 0 spiro atoms. The maximum atomic E-state index is 12.5. The molecule has 3 aliphatic rings. The number of carbonyl (C=O) groups excluding carboxylic acids is 2. The molecule has 5 nitrogen and oxygen atoms in total. The Balaban J connectivity index is 1.60. The number of fused-ring (bicyclic) bond motifs is 3. The Kier molecular flexibility index (Phi) is 3.04. The molecular formula is C18H17NO4. The lowest BCUT2D eigenvalue weighted by Gasteiger charge is -2.19. The minimum Gasteiger partial charge on any atom is -0.458 e. The third-order valence-electron chi connectivity index (χ3n) is 4.84. The molecule has 23 heavy (non-hydrogen) atoms. The van der Waals surface area contributed by atoms with Crippen molar-refractivity contribution in [1.29, 1.82) is 0 Å². The summed E-state index contributed by atoms with van der Waals surface area (Å²) in [7, 11) is 1.82. The largest absolute Gasteiger partial charge is 0.458 e. The number of amides is 1. The zero-order chi connectivity index (χ0) is 16.1. The highest BCUT2D eigenvalue weighted by atomic mass is 16.7. The number of cyclic esters (lactones) is 1. The van der Waals surface area contributed by atoms with E-state index in [4.69, 9.17) is 9.47 Å². The number of carbonyl (C=O) groups is 2. The molecular weight excluding hydrogens is 294 g/mol. The van der Waals surface area contributed by atoms with Gasteiger partial charge in [0.05, 0.1) is 17.9 Å². The molecule has 3 unspecified atom stereocenters. The summed E-state index contributed by atoms with van der Waals surface area (Å²) < 4.78 is 10.6. The molecule has 118 valence electrons. The molecule has 4 rings (SSSR count). The fourth-order valence-corrected chi connectivity index (χ4v) is 3.67. The minimum absolute atomic E-state index is 0.0282. The fraction of sp³-hybridized carbons (Fsp3) is 0.333. The molecule has 1 saturated heterocycles. The van der Waals surface area contributed by atoms with E-state index in [9.17, 15) is 9.59 Å². The Morgan fingerprint density at radius 1 is 1.30 bits per heavy atom. The van der Waals surface area contributed by atoms with Crippen molar-refractivity contribution in [2.24, 2.45) is 5.92 Å². The van der Waals surface area contributed by atoms with Gasteiger partial charge in [0.25, 0.3) is 12.2 Å². The number of likely N-dealkylation sites (N-methyl/N-ethyl adjacent to an activating group) is 1. The molecule has 0 aromatic heterocycles. The first-order chi connectivity index (χ1) is 11.1. The molecule has 2 heterocycles. The summed E-state index contributed by atoms with van der Waals surface area (Å²) in [6, 6.07) is 8.28. The second kappa shape index (κ2) is 4.98. The second-order valence-corrected chi connectivity index (χ2v) is 6.20. The SMILES string of the molecule is CC1=CC(OC=C2C(=O)N(C)C3c4ccccc4CC23)OC1=O. The Morgan fingerprint density at radius 3 is 2.83 bits per heavy atom. The van der Waals surface area contributed by atoms with Crippen LogP contribution in [0.4, 0.5) is 0 Å². The summed E-state index contributed by atoms with van der Waals surface area (Å²) in [5.41, 5.74) is 3.65. The van der Waals surface area contributed by atoms with Crippen LogP contribution in [-0.2, 0) is 25.5 Å². The Labute approximate surface area is 134 Å².